The number of carbonyl (C=O) groups is 1. The summed E-state index contributed by atoms with van der Waals surface area (Å²) in [6.45, 7) is 3.08. The number of aryl methyl sites for hydroxylation is 1. The van der Waals surface area contributed by atoms with Gasteiger partial charge >= 0.3 is 0 Å². The Bertz CT molecular complexity index is 618. The van der Waals surface area contributed by atoms with Gasteiger partial charge in [0.1, 0.15) is 5.75 Å². The molecule has 3 nitrogen and oxygen atoms in total. The van der Waals surface area contributed by atoms with E-state index in [0.717, 1.165) is 31.6 Å². The van der Waals surface area contributed by atoms with E-state index in [2.05, 4.69) is 22.8 Å². The van der Waals surface area contributed by atoms with Crippen molar-refractivity contribution in [3.63, 3.8) is 0 Å². The minimum Gasteiger partial charge on any atom is -0.493 e. The highest BCUT2D eigenvalue weighted by Gasteiger charge is 2.16. The smallest absolute Gasteiger partial charge is 0.216 e. The van der Waals surface area contributed by atoms with Crippen molar-refractivity contribution in [1.29, 1.82) is 0 Å². The molecule has 1 aromatic heterocycles. The molecule has 1 aromatic carbocycles. The number of rotatable bonds is 3. The summed E-state index contributed by atoms with van der Waals surface area (Å²) < 4.78 is 7.05. The maximum atomic E-state index is 10.9. The maximum absolute atomic E-state index is 10.9. The highest BCUT2D eigenvalue weighted by atomic mass is 32.1. The molecule has 100 valence electrons. The van der Waals surface area contributed by atoms with Crippen LogP contribution in [0.2, 0.25) is 0 Å². The molecule has 2 aromatic rings. The lowest BCUT2D eigenvalue weighted by Gasteiger charge is -2.18. The lowest BCUT2D eigenvalue weighted by atomic mass is 9.98. The first-order chi connectivity index (χ1) is 9.25. The Morgan fingerprint density at radius 1 is 1.47 bits per heavy atom. The van der Waals surface area contributed by atoms with Crippen LogP contribution in [0.1, 0.15) is 24.5 Å². The van der Waals surface area contributed by atoms with E-state index in [1.807, 2.05) is 0 Å². The van der Waals surface area contributed by atoms with Crippen LogP contribution < -0.4 is 10.1 Å². The molecule has 0 atom stereocenters. The highest BCUT2D eigenvalue weighted by Crippen LogP contribution is 2.37. The zero-order chi connectivity index (χ0) is 13.2. The van der Waals surface area contributed by atoms with Gasteiger partial charge < -0.3 is 10.1 Å². The maximum Gasteiger partial charge on any atom is 0.216 e. The van der Waals surface area contributed by atoms with E-state index in [9.17, 15) is 4.79 Å². The molecule has 19 heavy (non-hydrogen) atoms. The quantitative estimate of drug-likeness (QED) is 0.935. The number of benzene rings is 1. The van der Waals surface area contributed by atoms with Gasteiger partial charge in [-0.2, -0.15) is 0 Å². The molecule has 3 rings (SSSR count). The van der Waals surface area contributed by atoms with E-state index >= 15 is 0 Å². The van der Waals surface area contributed by atoms with Crippen LogP contribution in [-0.2, 0) is 17.6 Å². The monoisotopic (exact) mass is 275 g/mol. The Balaban J connectivity index is 1.94. The summed E-state index contributed by atoms with van der Waals surface area (Å²) in [7, 11) is 0. The van der Waals surface area contributed by atoms with E-state index in [4.69, 9.17) is 4.74 Å². The van der Waals surface area contributed by atoms with E-state index in [1.54, 1.807) is 18.3 Å². The minimum absolute atomic E-state index is 0.0323. The van der Waals surface area contributed by atoms with Gasteiger partial charge in [-0.15, -0.1) is 11.3 Å². The van der Waals surface area contributed by atoms with Crippen molar-refractivity contribution in [2.45, 2.75) is 26.2 Å². The average molecular weight is 275 g/mol. The number of nitrogens with one attached hydrogen (secondary N) is 1. The summed E-state index contributed by atoms with van der Waals surface area (Å²) in [5.41, 5.74) is 2.68. The van der Waals surface area contributed by atoms with Crippen molar-refractivity contribution in [1.82, 2.24) is 5.32 Å². The summed E-state index contributed by atoms with van der Waals surface area (Å²) in [4.78, 5) is 10.9. The molecule has 4 heteroatoms. The minimum atomic E-state index is 0.0323. The predicted octanol–water partition coefficient (Wildman–Crippen LogP) is 2.90. The molecule has 0 radical (unpaired) electrons. The Kier molecular flexibility index (Phi) is 3.42. The van der Waals surface area contributed by atoms with Crippen LogP contribution in [0.3, 0.4) is 0 Å². The van der Waals surface area contributed by atoms with Crippen molar-refractivity contribution in [2.24, 2.45) is 0 Å². The number of carbonyl (C=O) groups excluding carboxylic acids is 1. The molecule has 0 spiro atoms. The molecule has 1 N–H and O–H groups in total. The van der Waals surface area contributed by atoms with Crippen LogP contribution in [0.4, 0.5) is 0 Å². The van der Waals surface area contributed by atoms with Gasteiger partial charge in [0.2, 0.25) is 5.91 Å². The first-order valence-electron chi connectivity index (χ1n) is 6.65. The van der Waals surface area contributed by atoms with Gasteiger partial charge in [-0.05, 0) is 42.3 Å². The van der Waals surface area contributed by atoms with Crippen LogP contribution in [0, 0.1) is 0 Å². The summed E-state index contributed by atoms with van der Waals surface area (Å²) in [5.74, 6) is 1.07. The Labute approximate surface area is 116 Å². The van der Waals surface area contributed by atoms with Gasteiger partial charge in [0.25, 0.3) is 0 Å². The second kappa shape index (κ2) is 5.21. The zero-order valence-corrected chi connectivity index (χ0v) is 11.8. The van der Waals surface area contributed by atoms with E-state index in [1.165, 1.54) is 21.2 Å². The number of fused-ring (bicyclic) bond motifs is 3. The Hall–Kier alpha value is -1.55. The number of ether oxygens (including phenoxy) is 1. The van der Waals surface area contributed by atoms with Crippen LogP contribution in [0.15, 0.2) is 17.5 Å². The first kappa shape index (κ1) is 12.5. The summed E-state index contributed by atoms with van der Waals surface area (Å²) in [6, 6.07) is 4.23. The largest absolute Gasteiger partial charge is 0.493 e. The van der Waals surface area contributed by atoms with E-state index in [-0.39, 0.29) is 5.91 Å². The number of thiophene rings is 1. The molecular formula is C15H17NO2S. The van der Waals surface area contributed by atoms with Gasteiger partial charge in [0, 0.05) is 29.1 Å². The molecule has 0 saturated heterocycles. The molecule has 0 aliphatic carbocycles. The fraction of sp³-hybridized carbons (Fsp3) is 0.400. The normalized spacial score (nSPS) is 13.9. The molecule has 0 fully saturated rings. The predicted molar refractivity (Wildman–Crippen MR) is 78.0 cm³/mol. The van der Waals surface area contributed by atoms with Gasteiger partial charge in [-0.1, -0.05) is 0 Å². The van der Waals surface area contributed by atoms with Gasteiger partial charge in [0.15, 0.2) is 0 Å². The van der Waals surface area contributed by atoms with Crippen LogP contribution in [-0.4, -0.2) is 19.1 Å². The summed E-state index contributed by atoms with van der Waals surface area (Å²) >= 11 is 1.78. The Morgan fingerprint density at radius 3 is 3.21 bits per heavy atom. The van der Waals surface area contributed by atoms with Gasteiger partial charge in [-0.25, -0.2) is 0 Å². The van der Waals surface area contributed by atoms with Crippen LogP contribution in [0.25, 0.3) is 10.1 Å². The second-order valence-electron chi connectivity index (χ2n) is 4.86. The molecule has 1 aliphatic heterocycles. The highest BCUT2D eigenvalue weighted by molar-refractivity contribution is 7.17. The standard InChI is InChI=1S/C15H17NO2S/c1-10(17)16-7-6-11-9-19-14-5-4-13-12(15(11)14)3-2-8-18-13/h4-5,9H,2-3,6-8H2,1H3,(H,16,17). The molecule has 1 aliphatic rings. The summed E-state index contributed by atoms with van der Waals surface area (Å²) in [6.07, 6.45) is 3.07. The van der Waals surface area contributed by atoms with Crippen LogP contribution in [0.5, 0.6) is 5.75 Å². The SMILES string of the molecule is CC(=O)NCCc1csc2ccc3c(c12)CCCO3. The fourth-order valence-corrected chi connectivity index (χ4v) is 3.65. The third-order valence-electron chi connectivity index (χ3n) is 3.48. The molecule has 0 bridgehead atoms. The zero-order valence-electron chi connectivity index (χ0n) is 11.0. The van der Waals surface area contributed by atoms with E-state index < -0.39 is 0 Å². The lowest BCUT2D eigenvalue weighted by Crippen LogP contribution is -2.22. The summed E-state index contributed by atoms with van der Waals surface area (Å²) in [5, 5.41) is 6.43. The molecule has 1 amide bonds. The first-order valence-corrected chi connectivity index (χ1v) is 7.53. The van der Waals surface area contributed by atoms with Gasteiger partial charge in [0.05, 0.1) is 6.61 Å². The van der Waals surface area contributed by atoms with Crippen molar-refractivity contribution >= 4 is 27.3 Å². The van der Waals surface area contributed by atoms with Crippen molar-refractivity contribution in [3.05, 3.63) is 28.6 Å². The number of hydrogen-bond acceptors (Lipinski definition) is 3. The molecular weight excluding hydrogens is 258 g/mol. The fourth-order valence-electron chi connectivity index (χ4n) is 2.62. The van der Waals surface area contributed by atoms with Gasteiger partial charge in [-0.3, -0.25) is 4.79 Å². The molecule has 0 unspecified atom stereocenters. The average Bonchev–Trinajstić information content (AvgIpc) is 2.82. The van der Waals surface area contributed by atoms with Crippen molar-refractivity contribution < 1.29 is 9.53 Å². The Morgan fingerprint density at radius 2 is 2.37 bits per heavy atom. The van der Waals surface area contributed by atoms with Crippen LogP contribution >= 0.6 is 11.3 Å². The third-order valence-corrected chi connectivity index (χ3v) is 4.47. The molecule has 0 saturated carbocycles. The number of amides is 1. The molecule has 2 heterocycles. The lowest BCUT2D eigenvalue weighted by molar-refractivity contribution is -0.118. The van der Waals surface area contributed by atoms with Crippen molar-refractivity contribution in [3.8, 4) is 5.75 Å². The number of hydrogen-bond donors (Lipinski definition) is 1. The second-order valence-corrected chi connectivity index (χ2v) is 5.77. The van der Waals surface area contributed by atoms with Crippen molar-refractivity contribution in [2.75, 3.05) is 13.2 Å². The third kappa shape index (κ3) is 2.45. The van der Waals surface area contributed by atoms with E-state index in [0.29, 0.717) is 6.54 Å². The topological polar surface area (TPSA) is 38.3 Å².